The Morgan fingerprint density at radius 1 is 0.767 bits per heavy atom. The van der Waals surface area contributed by atoms with Gasteiger partial charge in [-0.2, -0.15) is 0 Å². The second kappa shape index (κ2) is 18.0. The molecule has 30 heavy (non-hydrogen) atoms. The summed E-state index contributed by atoms with van der Waals surface area (Å²) in [5, 5.41) is 0. The van der Waals surface area contributed by atoms with Crippen LogP contribution in [0.3, 0.4) is 0 Å². The first-order valence-electron chi connectivity index (χ1n) is 12.2. The maximum absolute atomic E-state index is 12.0. The molecule has 3 nitrogen and oxygen atoms in total. The normalized spacial score (nSPS) is 11.2. The highest BCUT2D eigenvalue weighted by molar-refractivity contribution is 5.89. The largest absolute Gasteiger partial charge is 0.462 e. The van der Waals surface area contributed by atoms with E-state index in [-0.39, 0.29) is 5.97 Å². The maximum Gasteiger partial charge on any atom is 0.338 e. The molecule has 0 aliphatic heterocycles. The van der Waals surface area contributed by atoms with Crippen LogP contribution in [-0.4, -0.2) is 26.7 Å². The second-order valence-corrected chi connectivity index (χ2v) is 8.52. The molecular formula is C27H45NO2. The van der Waals surface area contributed by atoms with E-state index in [0.717, 1.165) is 18.5 Å². The number of allylic oxidation sites excluding steroid dienone is 2. The molecule has 3 heteroatoms. The summed E-state index contributed by atoms with van der Waals surface area (Å²) in [4.78, 5) is 14.1. The van der Waals surface area contributed by atoms with Crippen LogP contribution in [0.15, 0.2) is 36.4 Å². The molecule has 0 aromatic heterocycles. The summed E-state index contributed by atoms with van der Waals surface area (Å²) in [6, 6.07) is 7.56. The van der Waals surface area contributed by atoms with E-state index in [4.69, 9.17) is 4.74 Å². The van der Waals surface area contributed by atoms with Crippen LogP contribution in [0.1, 0.15) is 107 Å². The minimum absolute atomic E-state index is 0.215. The molecule has 0 atom stereocenters. The highest BCUT2D eigenvalue weighted by atomic mass is 16.5. The molecule has 170 valence electrons. The summed E-state index contributed by atoms with van der Waals surface area (Å²) in [5.41, 5.74) is 1.71. The van der Waals surface area contributed by atoms with Gasteiger partial charge in [-0.15, -0.1) is 0 Å². The molecule has 1 rings (SSSR count). The Morgan fingerprint density at radius 3 is 1.80 bits per heavy atom. The molecule has 0 N–H and O–H groups in total. The van der Waals surface area contributed by atoms with Gasteiger partial charge in [-0.25, -0.2) is 4.79 Å². The minimum Gasteiger partial charge on any atom is -0.462 e. The maximum atomic E-state index is 12.0. The van der Waals surface area contributed by atoms with E-state index >= 15 is 0 Å². The van der Waals surface area contributed by atoms with Gasteiger partial charge in [-0.05, 0) is 56.4 Å². The van der Waals surface area contributed by atoms with E-state index in [9.17, 15) is 4.79 Å². The van der Waals surface area contributed by atoms with Crippen LogP contribution in [0.2, 0.25) is 0 Å². The lowest BCUT2D eigenvalue weighted by Crippen LogP contribution is -2.10. The van der Waals surface area contributed by atoms with Crippen molar-refractivity contribution in [1.82, 2.24) is 0 Å². The summed E-state index contributed by atoms with van der Waals surface area (Å²) >= 11 is 0. The molecule has 0 bridgehead atoms. The Morgan fingerprint density at radius 2 is 1.27 bits per heavy atom. The lowest BCUT2D eigenvalue weighted by atomic mass is 10.1. The van der Waals surface area contributed by atoms with E-state index in [0.29, 0.717) is 12.2 Å². The minimum atomic E-state index is -0.215. The third-order valence-corrected chi connectivity index (χ3v) is 5.51. The summed E-state index contributed by atoms with van der Waals surface area (Å²) < 4.78 is 5.39. The second-order valence-electron chi connectivity index (χ2n) is 8.52. The predicted molar refractivity (Wildman–Crippen MR) is 131 cm³/mol. The van der Waals surface area contributed by atoms with Gasteiger partial charge in [0.05, 0.1) is 12.2 Å². The van der Waals surface area contributed by atoms with Crippen molar-refractivity contribution >= 4 is 11.7 Å². The van der Waals surface area contributed by atoms with Gasteiger partial charge in [0.15, 0.2) is 0 Å². The van der Waals surface area contributed by atoms with Crippen LogP contribution in [0, 0.1) is 0 Å². The van der Waals surface area contributed by atoms with Crippen molar-refractivity contribution < 1.29 is 9.53 Å². The number of carbonyl (C=O) groups is 1. The Labute approximate surface area is 185 Å². The number of anilines is 1. The zero-order valence-electron chi connectivity index (χ0n) is 19.8. The number of nitrogens with zero attached hydrogens (tertiary/aromatic N) is 1. The number of unbranched alkanes of at least 4 members (excludes halogenated alkanes) is 12. The monoisotopic (exact) mass is 415 g/mol. The lowest BCUT2D eigenvalue weighted by molar-refractivity contribution is 0.0497. The van der Waals surface area contributed by atoms with Gasteiger partial charge < -0.3 is 9.64 Å². The fraction of sp³-hybridized carbons (Fsp3) is 0.667. The van der Waals surface area contributed by atoms with Gasteiger partial charge in [-0.3, -0.25) is 0 Å². The molecule has 1 aromatic rings. The van der Waals surface area contributed by atoms with Crippen molar-refractivity contribution in [2.75, 3.05) is 25.6 Å². The van der Waals surface area contributed by atoms with Gasteiger partial charge in [0, 0.05) is 19.8 Å². The first kappa shape index (κ1) is 26.3. The Balaban J connectivity index is 1.89. The van der Waals surface area contributed by atoms with Crippen LogP contribution in [0.4, 0.5) is 5.69 Å². The van der Waals surface area contributed by atoms with Gasteiger partial charge in [0.2, 0.25) is 0 Å². The lowest BCUT2D eigenvalue weighted by Gasteiger charge is -2.12. The Bertz CT molecular complexity index is 563. The number of hydrogen-bond donors (Lipinski definition) is 0. The summed E-state index contributed by atoms with van der Waals surface area (Å²) in [5.74, 6) is -0.215. The van der Waals surface area contributed by atoms with Crippen LogP contribution in [0.25, 0.3) is 0 Å². The van der Waals surface area contributed by atoms with Crippen LogP contribution in [0.5, 0.6) is 0 Å². The third-order valence-electron chi connectivity index (χ3n) is 5.51. The van der Waals surface area contributed by atoms with Crippen molar-refractivity contribution in [1.29, 1.82) is 0 Å². The zero-order chi connectivity index (χ0) is 21.9. The quantitative estimate of drug-likeness (QED) is 0.138. The molecule has 0 unspecified atom stereocenters. The van der Waals surface area contributed by atoms with E-state index in [2.05, 4.69) is 19.1 Å². The third kappa shape index (κ3) is 13.5. The molecule has 1 aromatic carbocycles. The molecule has 0 fully saturated rings. The topological polar surface area (TPSA) is 29.5 Å². The molecule has 0 heterocycles. The van der Waals surface area contributed by atoms with Crippen LogP contribution in [-0.2, 0) is 4.74 Å². The van der Waals surface area contributed by atoms with E-state index < -0.39 is 0 Å². The molecule has 0 saturated heterocycles. The predicted octanol–water partition coefficient (Wildman–Crippen LogP) is 7.95. The van der Waals surface area contributed by atoms with Crippen molar-refractivity contribution in [2.24, 2.45) is 0 Å². The van der Waals surface area contributed by atoms with Gasteiger partial charge in [-0.1, -0.05) is 76.9 Å². The van der Waals surface area contributed by atoms with E-state index in [1.165, 1.54) is 77.0 Å². The molecule has 0 spiro atoms. The first-order chi connectivity index (χ1) is 14.6. The molecule has 0 aliphatic carbocycles. The first-order valence-corrected chi connectivity index (χ1v) is 12.2. The summed E-state index contributed by atoms with van der Waals surface area (Å²) in [7, 11) is 3.97. The number of carbonyl (C=O) groups excluding carboxylic acids is 1. The number of hydrogen-bond acceptors (Lipinski definition) is 3. The van der Waals surface area contributed by atoms with E-state index in [1.807, 2.05) is 43.3 Å². The Kier molecular flexibility index (Phi) is 15.8. The van der Waals surface area contributed by atoms with Gasteiger partial charge >= 0.3 is 5.97 Å². The number of rotatable bonds is 18. The van der Waals surface area contributed by atoms with Crippen molar-refractivity contribution in [3.05, 3.63) is 42.0 Å². The Hall–Kier alpha value is -1.77. The van der Waals surface area contributed by atoms with Crippen molar-refractivity contribution in [3.8, 4) is 0 Å². The smallest absolute Gasteiger partial charge is 0.338 e. The SMILES string of the molecule is CCCCCCCCC=CCCCCCCCCOC(=O)c1ccc(N(C)C)cc1. The van der Waals surface area contributed by atoms with Crippen LogP contribution < -0.4 is 4.90 Å². The highest BCUT2D eigenvalue weighted by Gasteiger charge is 2.07. The summed E-state index contributed by atoms with van der Waals surface area (Å²) in [6.45, 7) is 2.79. The average Bonchev–Trinajstić information content (AvgIpc) is 2.75. The number of ether oxygens (including phenoxy) is 1. The van der Waals surface area contributed by atoms with Crippen LogP contribution >= 0.6 is 0 Å². The van der Waals surface area contributed by atoms with Crippen molar-refractivity contribution in [3.63, 3.8) is 0 Å². The molecule has 0 saturated carbocycles. The summed E-state index contributed by atoms with van der Waals surface area (Å²) in [6.07, 6.45) is 22.7. The zero-order valence-corrected chi connectivity index (χ0v) is 19.8. The standard InChI is InChI=1S/C27H45NO2/c1-4-5-6-7-8-9-10-11-12-13-14-15-16-17-18-19-24-30-27(29)25-20-22-26(23-21-25)28(2)3/h11-12,20-23H,4-10,13-19,24H2,1-3H3. The fourth-order valence-electron chi connectivity index (χ4n) is 3.49. The molecule has 0 amide bonds. The molecular weight excluding hydrogens is 370 g/mol. The number of esters is 1. The van der Waals surface area contributed by atoms with Gasteiger partial charge in [0.25, 0.3) is 0 Å². The van der Waals surface area contributed by atoms with E-state index in [1.54, 1.807) is 0 Å². The van der Waals surface area contributed by atoms with Crippen molar-refractivity contribution in [2.45, 2.75) is 96.8 Å². The fourth-order valence-corrected chi connectivity index (χ4v) is 3.49. The molecule has 0 radical (unpaired) electrons. The number of benzene rings is 1. The molecule has 0 aliphatic rings. The van der Waals surface area contributed by atoms with Gasteiger partial charge in [0.1, 0.15) is 0 Å². The highest BCUT2D eigenvalue weighted by Crippen LogP contribution is 2.14. The average molecular weight is 416 g/mol.